The average molecular weight is 308 g/mol. The van der Waals surface area contributed by atoms with Gasteiger partial charge in [-0.1, -0.05) is 17.7 Å². The lowest BCUT2D eigenvalue weighted by Crippen LogP contribution is -2.21. The molecule has 0 atom stereocenters. The Morgan fingerprint density at radius 1 is 1.33 bits per heavy atom. The Morgan fingerprint density at radius 2 is 2.14 bits per heavy atom. The third kappa shape index (κ3) is 3.64. The summed E-state index contributed by atoms with van der Waals surface area (Å²) in [7, 11) is 1.47. The maximum atomic E-state index is 11.6. The van der Waals surface area contributed by atoms with E-state index < -0.39 is 0 Å². The third-order valence-electron chi connectivity index (χ3n) is 2.87. The maximum Gasteiger partial charge on any atom is 0.250 e. The fourth-order valence-corrected chi connectivity index (χ4v) is 2.09. The molecule has 2 rings (SSSR count). The van der Waals surface area contributed by atoms with E-state index in [0.29, 0.717) is 34.9 Å². The summed E-state index contributed by atoms with van der Waals surface area (Å²) in [4.78, 5) is 22.6. The van der Waals surface area contributed by atoms with Crippen molar-refractivity contribution in [2.24, 2.45) is 0 Å². The van der Waals surface area contributed by atoms with Gasteiger partial charge in [0.25, 0.3) is 5.56 Å². The van der Waals surface area contributed by atoms with Gasteiger partial charge in [0.05, 0.1) is 19.2 Å². The molecule has 0 saturated heterocycles. The molecule has 110 valence electrons. The van der Waals surface area contributed by atoms with Gasteiger partial charge in [-0.25, -0.2) is 0 Å². The zero-order chi connectivity index (χ0) is 15.2. The van der Waals surface area contributed by atoms with Crippen LogP contribution in [-0.2, 0) is 6.54 Å². The highest BCUT2D eigenvalue weighted by Gasteiger charge is 2.12. The topological polar surface area (TPSA) is 57.5 Å². The van der Waals surface area contributed by atoms with Crippen LogP contribution in [0.4, 0.5) is 0 Å². The molecule has 6 heteroatoms. The molecule has 0 aliphatic heterocycles. The number of hydrogen-bond acceptors (Lipinski definition) is 4. The molecule has 0 aliphatic rings. The highest BCUT2D eigenvalue weighted by atomic mass is 35.5. The van der Waals surface area contributed by atoms with Gasteiger partial charge >= 0.3 is 0 Å². The van der Waals surface area contributed by atoms with Crippen molar-refractivity contribution in [2.75, 3.05) is 13.7 Å². The summed E-state index contributed by atoms with van der Waals surface area (Å²) in [6.07, 6.45) is 2.32. The van der Waals surface area contributed by atoms with E-state index in [9.17, 15) is 9.59 Å². The molecule has 0 bridgehead atoms. The van der Waals surface area contributed by atoms with Crippen LogP contribution in [0, 0.1) is 0 Å². The summed E-state index contributed by atoms with van der Waals surface area (Å²) in [6.45, 7) is 0.590. The summed E-state index contributed by atoms with van der Waals surface area (Å²) >= 11 is 5.89. The number of nitrogens with zero attached hydrogens (tertiary/aromatic N) is 1. The Bertz CT molecular complexity index is 696. The van der Waals surface area contributed by atoms with Gasteiger partial charge in [0.15, 0.2) is 17.8 Å². The Morgan fingerprint density at radius 3 is 2.81 bits per heavy atom. The molecule has 0 N–H and O–H groups in total. The van der Waals surface area contributed by atoms with E-state index in [1.165, 1.54) is 23.8 Å². The molecule has 0 saturated carbocycles. The Balaban J connectivity index is 2.15. The van der Waals surface area contributed by atoms with Crippen LogP contribution in [0.1, 0.15) is 10.4 Å². The first-order valence-electron chi connectivity index (χ1n) is 6.26. The molecule has 0 spiro atoms. The average Bonchev–Trinajstić information content (AvgIpc) is 2.49. The number of carbonyl (C=O) groups is 1. The summed E-state index contributed by atoms with van der Waals surface area (Å²) in [6, 6.07) is 7.98. The largest absolute Gasteiger partial charge is 0.493 e. The van der Waals surface area contributed by atoms with Crippen LogP contribution in [-0.4, -0.2) is 24.6 Å². The van der Waals surface area contributed by atoms with Crippen LogP contribution >= 0.6 is 11.6 Å². The van der Waals surface area contributed by atoms with E-state index in [4.69, 9.17) is 21.1 Å². The molecular weight excluding hydrogens is 294 g/mol. The van der Waals surface area contributed by atoms with Crippen molar-refractivity contribution in [1.29, 1.82) is 0 Å². The molecule has 0 fully saturated rings. The number of rotatable bonds is 6. The van der Waals surface area contributed by atoms with Crippen molar-refractivity contribution < 1.29 is 14.3 Å². The molecule has 1 aromatic carbocycles. The molecule has 0 amide bonds. The fourth-order valence-electron chi connectivity index (χ4n) is 1.87. The van der Waals surface area contributed by atoms with Gasteiger partial charge in [-0.2, -0.15) is 0 Å². The fraction of sp³-hybridized carbons (Fsp3) is 0.200. The van der Waals surface area contributed by atoms with E-state index in [0.717, 1.165) is 0 Å². The van der Waals surface area contributed by atoms with Crippen LogP contribution in [0.25, 0.3) is 0 Å². The van der Waals surface area contributed by atoms with E-state index in [-0.39, 0.29) is 12.2 Å². The second-order valence-electron chi connectivity index (χ2n) is 4.22. The van der Waals surface area contributed by atoms with Gasteiger partial charge < -0.3 is 14.0 Å². The number of pyridine rings is 1. The number of aldehydes is 1. The number of methoxy groups -OCH3 is 1. The smallest absolute Gasteiger partial charge is 0.250 e. The second kappa shape index (κ2) is 6.95. The van der Waals surface area contributed by atoms with Crippen molar-refractivity contribution >= 4 is 17.9 Å². The standard InChI is InChI=1S/C15H14ClNO4/c1-20-13-9-12(16)8-11(10-18)15(13)21-7-6-17-5-3-2-4-14(17)19/h2-5,8-10H,6-7H2,1H3. The van der Waals surface area contributed by atoms with Crippen molar-refractivity contribution in [2.45, 2.75) is 6.54 Å². The first kappa shape index (κ1) is 15.1. The minimum atomic E-state index is -0.111. The van der Waals surface area contributed by atoms with Gasteiger partial charge in [0, 0.05) is 23.4 Å². The highest BCUT2D eigenvalue weighted by Crippen LogP contribution is 2.33. The monoisotopic (exact) mass is 307 g/mol. The highest BCUT2D eigenvalue weighted by molar-refractivity contribution is 6.31. The minimum absolute atomic E-state index is 0.111. The van der Waals surface area contributed by atoms with E-state index in [2.05, 4.69) is 0 Å². The molecule has 0 unspecified atom stereocenters. The van der Waals surface area contributed by atoms with Crippen LogP contribution in [0.2, 0.25) is 5.02 Å². The first-order chi connectivity index (χ1) is 10.2. The molecule has 2 aromatic rings. The number of halogens is 1. The first-order valence-corrected chi connectivity index (χ1v) is 6.64. The van der Waals surface area contributed by atoms with Gasteiger partial charge in [0.1, 0.15) is 6.61 Å². The predicted molar refractivity (Wildman–Crippen MR) is 79.6 cm³/mol. The van der Waals surface area contributed by atoms with Crippen LogP contribution < -0.4 is 15.0 Å². The molecule has 1 heterocycles. The van der Waals surface area contributed by atoms with Gasteiger partial charge in [-0.3, -0.25) is 9.59 Å². The van der Waals surface area contributed by atoms with Crippen LogP contribution in [0.5, 0.6) is 11.5 Å². The number of ether oxygens (including phenoxy) is 2. The normalized spacial score (nSPS) is 10.2. The van der Waals surface area contributed by atoms with Gasteiger partial charge in [0.2, 0.25) is 0 Å². The number of benzene rings is 1. The zero-order valence-corrected chi connectivity index (χ0v) is 12.2. The molecular formula is C15H14ClNO4. The third-order valence-corrected chi connectivity index (χ3v) is 3.09. The maximum absolute atomic E-state index is 11.6. The van der Waals surface area contributed by atoms with Crippen molar-refractivity contribution in [3.8, 4) is 11.5 Å². The van der Waals surface area contributed by atoms with E-state index in [1.807, 2.05) is 0 Å². The lowest BCUT2D eigenvalue weighted by molar-refractivity contribution is 0.111. The second-order valence-corrected chi connectivity index (χ2v) is 4.66. The van der Waals surface area contributed by atoms with Crippen LogP contribution in [0.3, 0.4) is 0 Å². The van der Waals surface area contributed by atoms with Crippen molar-refractivity contribution in [3.05, 3.63) is 57.5 Å². The lowest BCUT2D eigenvalue weighted by atomic mass is 10.2. The number of carbonyl (C=O) groups excluding carboxylic acids is 1. The molecule has 21 heavy (non-hydrogen) atoms. The lowest BCUT2D eigenvalue weighted by Gasteiger charge is -2.13. The molecule has 0 radical (unpaired) electrons. The molecule has 5 nitrogen and oxygen atoms in total. The summed E-state index contributed by atoms with van der Waals surface area (Å²) < 4.78 is 12.3. The zero-order valence-electron chi connectivity index (χ0n) is 11.4. The Kier molecular flexibility index (Phi) is 5.00. The summed E-state index contributed by atoms with van der Waals surface area (Å²) in [5, 5.41) is 0.389. The SMILES string of the molecule is COc1cc(Cl)cc(C=O)c1OCCn1ccccc1=O. The summed E-state index contributed by atoms with van der Waals surface area (Å²) in [5.74, 6) is 0.700. The summed E-state index contributed by atoms with van der Waals surface area (Å²) in [5.41, 5.74) is 0.194. The van der Waals surface area contributed by atoms with Crippen molar-refractivity contribution in [1.82, 2.24) is 4.57 Å². The van der Waals surface area contributed by atoms with Gasteiger partial charge in [-0.15, -0.1) is 0 Å². The van der Waals surface area contributed by atoms with Gasteiger partial charge in [-0.05, 0) is 12.1 Å². The number of aromatic nitrogens is 1. The predicted octanol–water partition coefficient (Wildman–Crippen LogP) is 2.40. The molecule has 1 aromatic heterocycles. The number of hydrogen-bond donors (Lipinski definition) is 0. The Hall–Kier alpha value is -2.27. The van der Waals surface area contributed by atoms with Crippen LogP contribution in [0.15, 0.2) is 41.3 Å². The van der Waals surface area contributed by atoms with E-state index in [1.54, 1.807) is 24.4 Å². The van der Waals surface area contributed by atoms with Crippen molar-refractivity contribution in [3.63, 3.8) is 0 Å². The minimum Gasteiger partial charge on any atom is -0.493 e. The van der Waals surface area contributed by atoms with E-state index >= 15 is 0 Å². The quantitative estimate of drug-likeness (QED) is 0.769. The molecule has 0 aliphatic carbocycles. The Labute approximate surface area is 126 Å².